The lowest BCUT2D eigenvalue weighted by molar-refractivity contribution is -0.145. The first-order chi connectivity index (χ1) is 10.7. The molecule has 1 amide bonds. The van der Waals surface area contributed by atoms with Gasteiger partial charge in [-0.25, -0.2) is 0 Å². The first-order valence-corrected chi connectivity index (χ1v) is 7.58. The molecule has 0 radical (unpaired) electrons. The first kappa shape index (κ1) is 14.5. The average molecular weight is 318 g/mol. The third kappa shape index (κ3) is 2.80. The molecule has 0 fully saturated rings. The van der Waals surface area contributed by atoms with Gasteiger partial charge >= 0.3 is 5.97 Å². The van der Waals surface area contributed by atoms with Gasteiger partial charge in [-0.1, -0.05) is 12.1 Å². The molecule has 1 unspecified atom stereocenters. The second kappa shape index (κ2) is 6.15. The SMILES string of the molecule is COC(=O)CC1Oc2ccccc2N(Cc2cncs2)C1=O. The number of hydrogen-bond acceptors (Lipinski definition) is 6. The zero-order valence-electron chi connectivity index (χ0n) is 11.9. The summed E-state index contributed by atoms with van der Waals surface area (Å²) >= 11 is 1.48. The van der Waals surface area contributed by atoms with Crippen molar-refractivity contribution >= 4 is 28.9 Å². The number of thiazole rings is 1. The molecule has 3 rings (SSSR count). The standard InChI is InChI=1S/C15H14N2O4S/c1-20-14(18)6-13-15(19)17(8-10-7-16-9-22-10)11-4-2-3-5-12(11)21-13/h2-5,7,9,13H,6,8H2,1H3. The Hall–Kier alpha value is -2.41. The van der Waals surface area contributed by atoms with Gasteiger partial charge in [0.2, 0.25) is 0 Å². The Morgan fingerprint density at radius 3 is 3.00 bits per heavy atom. The summed E-state index contributed by atoms with van der Waals surface area (Å²) in [5.41, 5.74) is 2.42. The number of carbonyl (C=O) groups excluding carboxylic acids is 2. The van der Waals surface area contributed by atoms with Crippen LogP contribution in [0.5, 0.6) is 5.75 Å². The van der Waals surface area contributed by atoms with Crippen LogP contribution in [0.4, 0.5) is 5.69 Å². The molecule has 1 aliphatic rings. The van der Waals surface area contributed by atoms with E-state index < -0.39 is 12.1 Å². The molecule has 2 heterocycles. The minimum atomic E-state index is -0.865. The number of anilines is 1. The van der Waals surface area contributed by atoms with Crippen LogP contribution in [-0.2, 0) is 20.9 Å². The number of amides is 1. The van der Waals surface area contributed by atoms with Crippen molar-refractivity contribution in [3.8, 4) is 5.75 Å². The fourth-order valence-corrected chi connectivity index (χ4v) is 2.86. The lowest BCUT2D eigenvalue weighted by Gasteiger charge is -2.33. The van der Waals surface area contributed by atoms with Crippen molar-refractivity contribution in [1.82, 2.24) is 4.98 Å². The quantitative estimate of drug-likeness (QED) is 0.807. The number of para-hydroxylation sites is 2. The molecule has 0 saturated heterocycles. The summed E-state index contributed by atoms with van der Waals surface area (Å²) in [5.74, 6) is -0.145. The van der Waals surface area contributed by atoms with E-state index in [1.807, 2.05) is 18.2 Å². The second-order valence-corrected chi connectivity index (χ2v) is 5.72. The van der Waals surface area contributed by atoms with Gasteiger partial charge in [-0.2, -0.15) is 0 Å². The summed E-state index contributed by atoms with van der Waals surface area (Å²) in [7, 11) is 1.29. The van der Waals surface area contributed by atoms with E-state index in [1.165, 1.54) is 18.4 Å². The van der Waals surface area contributed by atoms with Crippen LogP contribution < -0.4 is 9.64 Å². The lowest BCUT2D eigenvalue weighted by Crippen LogP contribution is -2.46. The van der Waals surface area contributed by atoms with E-state index in [0.29, 0.717) is 18.0 Å². The number of fused-ring (bicyclic) bond motifs is 1. The van der Waals surface area contributed by atoms with E-state index in [4.69, 9.17) is 4.74 Å². The van der Waals surface area contributed by atoms with Crippen molar-refractivity contribution in [3.63, 3.8) is 0 Å². The van der Waals surface area contributed by atoms with E-state index in [9.17, 15) is 9.59 Å². The van der Waals surface area contributed by atoms with Gasteiger partial charge in [0.1, 0.15) is 5.75 Å². The van der Waals surface area contributed by atoms with Gasteiger partial charge in [-0.3, -0.25) is 14.6 Å². The number of carbonyl (C=O) groups is 2. The van der Waals surface area contributed by atoms with Gasteiger partial charge in [0.25, 0.3) is 5.91 Å². The third-order valence-electron chi connectivity index (χ3n) is 3.34. The number of nitrogens with zero attached hydrogens (tertiary/aromatic N) is 2. The highest BCUT2D eigenvalue weighted by Crippen LogP contribution is 2.35. The van der Waals surface area contributed by atoms with Gasteiger partial charge in [-0.15, -0.1) is 11.3 Å². The van der Waals surface area contributed by atoms with E-state index in [0.717, 1.165) is 4.88 Å². The van der Waals surface area contributed by atoms with Crippen molar-refractivity contribution in [2.75, 3.05) is 12.0 Å². The highest BCUT2D eigenvalue weighted by Gasteiger charge is 2.36. The zero-order chi connectivity index (χ0) is 15.5. The Labute approximate surface area is 131 Å². The van der Waals surface area contributed by atoms with Gasteiger partial charge in [0.05, 0.1) is 31.3 Å². The molecule has 2 aromatic rings. The van der Waals surface area contributed by atoms with Crippen molar-refractivity contribution in [2.24, 2.45) is 0 Å². The Kier molecular flexibility index (Phi) is 4.06. The molecular weight excluding hydrogens is 304 g/mol. The molecule has 22 heavy (non-hydrogen) atoms. The van der Waals surface area contributed by atoms with E-state index in [-0.39, 0.29) is 12.3 Å². The van der Waals surface area contributed by atoms with Gasteiger partial charge in [0.15, 0.2) is 6.10 Å². The van der Waals surface area contributed by atoms with Crippen molar-refractivity contribution < 1.29 is 19.1 Å². The number of rotatable bonds is 4. The molecule has 6 nitrogen and oxygen atoms in total. The minimum Gasteiger partial charge on any atom is -0.478 e. The Morgan fingerprint density at radius 1 is 1.45 bits per heavy atom. The van der Waals surface area contributed by atoms with Crippen LogP contribution in [0.15, 0.2) is 36.0 Å². The largest absolute Gasteiger partial charge is 0.478 e. The molecule has 1 aliphatic heterocycles. The number of ether oxygens (including phenoxy) is 2. The summed E-state index contributed by atoms with van der Waals surface area (Å²) in [6.07, 6.45) is 0.754. The van der Waals surface area contributed by atoms with Crippen molar-refractivity contribution in [3.05, 3.63) is 40.8 Å². The number of aromatic nitrogens is 1. The van der Waals surface area contributed by atoms with Gasteiger partial charge in [0, 0.05) is 11.1 Å². The smallest absolute Gasteiger partial charge is 0.309 e. The first-order valence-electron chi connectivity index (χ1n) is 6.70. The number of hydrogen-bond donors (Lipinski definition) is 0. The van der Waals surface area contributed by atoms with Crippen LogP contribution in [0, 0.1) is 0 Å². The summed E-state index contributed by atoms with van der Waals surface area (Å²) < 4.78 is 10.3. The fourth-order valence-electron chi connectivity index (χ4n) is 2.28. The Balaban J connectivity index is 1.91. The van der Waals surface area contributed by atoms with E-state index in [2.05, 4.69) is 9.72 Å². The van der Waals surface area contributed by atoms with Crippen LogP contribution in [0.3, 0.4) is 0 Å². The molecule has 114 valence electrons. The zero-order valence-corrected chi connectivity index (χ0v) is 12.7. The monoisotopic (exact) mass is 318 g/mol. The van der Waals surface area contributed by atoms with E-state index >= 15 is 0 Å². The molecular formula is C15H14N2O4S. The molecule has 7 heteroatoms. The lowest BCUT2D eigenvalue weighted by atomic mass is 10.1. The number of methoxy groups -OCH3 is 1. The summed E-state index contributed by atoms with van der Waals surface area (Å²) in [4.78, 5) is 30.7. The predicted molar refractivity (Wildman–Crippen MR) is 80.8 cm³/mol. The Bertz CT molecular complexity index is 687. The minimum absolute atomic E-state index is 0.108. The van der Waals surface area contributed by atoms with Crippen LogP contribution in [0.2, 0.25) is 0 Å². The maximum atomic E-state index is 12.6. The van der Waals surface area contributed by atoms with Crippen molar-refractivity contribution in [1.29, 1.82) is 0 Å². The maximum absolute atomic E-state index is 12.6. The second-order valence-electron chi connectivity index (χ2n) is 4.75. The van der Waals surface area contributed by atoms with Crippen LogP contribution >= 0.6 is 11.3 Å². The maximum Gasteiger partial charge on any atom is 0.309 e. The molecule has 0 saturated carbocycles. The predicted octanol–water partition coefficient (Wildman–Crippen LogP) is 2.00. The molecule has 0 bridgehead atoms. The Morgan fingerprint density at radius 2 is 2.27 bits per heavy atom. The fraction of sp³-hybridized carbons (Fsp3) is 0.267. The molecule has 0 aliphatic carbocycles. The van der Waals surface area contributed by atoms with Crippen LogP contribution in [-0.4, -0.2) is 30.1 Å². The summed E-state index contributed by atoms with van der Waals surface area (Å²) in [6, 6.07) is 7.28. The highest BCUT2D eigenvalue weighted by molar-refractivity contribution is 7.09. The van der Waals surface area contributed by atoms with Crippen molar-refractivity contribution in [2.45, 2.75) is 19.1 Å². The third-order valence-corrected chi connectivity index (χ3v) is 4.11. The topological polar surface area (TPSA) is 68.7 Å². The molecule has 0 spiro atoms. The highest BCUT2D eigenvalue weighted by atomic mass is 32.1. The summed E-state index contributed by atoms with van der Waals surface area (Å²) in [6.45, 7) is 0.404. The molecule has 1 atom stereocenters. The number of esters is 1. The molecule has 0 N–H and O–H groups in total. The van der Waals surface area contributed by atoms with Crippen LogP contribution in [0.25, 0.3) is 0 Å². The van der Waals surface area contributed by atoms with E-state index in [1.54, 1.807) is 22.7 Å². The van der Waals surface area contributed by atoms with Gasteiger partial charge < -0.3 is 14.4 Å². The molecule has 1 aromatic carbocycles. The number of benzene rings is 1. The van der Waals surface area contributed by atoms with Crippen LogP contribution in [0.1, 0.15) is 11.3 Å². The normalized spacial score (nSPS) is 16.9. The summed E-state index contributed by atoms with van der Waals surface area (Å²) in [5, 5.41) is 0. The average Bonchev–Trinajstić information content (AvgIpc) is 3.04. The molecule has 1 aromatic heterocycles. The van der Waals surface area contributed by atoms with Gasteiger partial charge in [-0.05, 0) is 12.1 Å².